The van der Waals surface area contributed by atoms with Crippen molar-refractivity contribution in [1.82, 2.24) is 4.90 Å². The Hall–Kier alpha value is -1.48. The van der Waals surface area contributed by atoms with E-state index in [1.165, 1.54) is 0 Å². The van der Waals surface area contributed by atoms with Crippen LogP contribution < -0.4 is 10.5 Å². The van der Waals surface area contributed by atoms with E-state index in [0.29, 0.717) is 6.61 Å². The van der Waals surface area contributed by atoms with Gasteiger partial charge in [0, 0.05) is 31.4 Å². The van der Waals surface area contributed by atoms with Crippen molar-refractivity contribution in [3.63, 3.8) is 0 Å². The summed E-state index contributed by atoms with van der Waals surface area (Å²) < 4.78 is 5.60. The van der Waals surface area contributed by atoms with Crippen LogP contribution in [0.4, 0.5) is 5.69 Å². The highest BCUT2D eigenvalue weighted by molar-refractivity contribution is 5.43. The van der Waals surface area contributed by atoms with E-state index < -0.39 is 0 Å². The topological polar surface area (TPSA) is 38.5 Å². The summed E-state index contributed by atoms with van der Waals surface area (Å²) in [6.07, 6.45) is 4.36. The standard InChI is InChI=1S/C12H16N2O/c13-11-4-3-5-12(10-11)15-9-8-14-6-1-2-7-14/h1-5,10H,6-9,13H2. The molecular weight excluding hydrogens is 188 g/mol. The van der Waals surface area contributed by atoms with Crippen molar-refractivity contribution in [2.24, 2.45) is 0 Å². The maximum absolute atomic E-state index is 5.65. The van der Waals surface area contributed by atoms with Gasteiger partial charge in [0.2, 0.25) is 0 Å². The predicted molar refractivity (Wildman–Crippen MR) is 61.9 cm³/mol. The summed E-state index contributed by atoms with van der Waals surface area (Å²) in [5, 5.41) is 0. The van der Waals surface area contributed by atoms with E-state index in [-0.39, 0.29) is 0 Å². The predicted octanol–water partition coefficient (Wildman–Crippen LogP) is 1.52. The van der Waals surface area contributed by atoms with Gasteiger partial charge in [-0.2, -0.15) is 0 Å². The lowest BCUT2D eigenvalue weighted by atomic mass is 10.3. The highest BCUT2D eigenvalue weighted by Gasteiger charge is 2.05. The lowest BCUT2D eigenvalue weighted by Gasteiger charge is -2.15. The number of anilines is 1. The second-order valence-electron chi connectivity index (χ2n) is 3.65. The van der Waals surface area contributed by atoms with Gasteiger partial charge < -0.3 is 10.5 Å². The Bertz CT molecular complexity index is 341. The fraction of sp³-hybridized carbons (Fsp3) is 0.333. The Kier molecular flexibility index (Phi) is 3.25. The van der Waals surface area contributed by atoms with Crippen LogP contribution in [0.1, 0.15) is 0 Å². The first kappa shape index (κ1) is 10.1. The van der Waals surface area contributed by atoms with Gasteiger partial charge in [0.1, 0.15) is 12.4 Å². The van der Waals surface area contributed by atoms with Crippen molar-refractivity contribution in [3.05, 3.63) is 36.4 Å². The molecule has 1 aromatic rings. The van der Waals surface area contributed by atoms with E-state index in [1.807, 2.05) is 24.3 Å². The van der Waals surface area contributed by atoms with Crippen LogP contribution in [0.25, 0.3) is 0 Å². The smallest absolute Gasteiger partial charge is 0.121 e. The van der Waals surface area contributed by atoms with Gasteiger partial charge in [-0.1, -0.05) is 18.2 Å². The molecule has 0 aliphatic carbocycles. The SMILES string of the molecule is Nc1cccc(OCCN2CC=CC2)c1. The first-order valence-corrected chi connectivity index (χ1v) is 5.20. The highest BCUT2D eigenvalue weighted by atomic mass is 16.5. The number of nitrogens with two attached hydrogens (primary N) is 1. The average molecular weight is 204 g/mol. The van der Waals surface area contributed by atoms with E-state index in [4.69, 9.17) is 10.5 Å². The minimum atomic E-state index is 0.713. The number of ether oxygens (including phenoxy) is 1. The average Bonchev–Trinajstić information content (AvgIpc) is 2.71. The van der Waals surface area contributed by atoms with Gasteiger partial charge in [0.15, 0.2) is 0 Å². The summed E-state index contributed by atoms with van der Waals surface area (Å²) in [6.45, 7) is 3.76. The maximum Gasteiger partial charge on any atom is 0.121 e. The molecule has 0 atom stereocenters. The summed E-state index contributed by atoms with van der Waals surface area (Å²) in [7, 11) is 0. The monoisotopic (exact) mass is 204 g/mol. The molecule has 2 N–H and O–H groups in total. The molecule has 0 amide bonds. The number of rotatable bonds is 4. The van der Waals surface area contributed by atoms with Crippen LogP contribution in [0.15, 0.2) is 36.4 Å². The maximum atomic E-state index is 5.65. The quantitative estimate of drug-likeness (QED) is 0.597. The fourth-order valence-corrected chi connectivity index (χ4v) is 1.60. The molecule has 0 fully saturated rings. The van der Waals surface area contributed by atoms with Crippen LogP contribution in [0.3, 0.4) is 0 Å². The van der Waals surface area contributed by atoms with Crippen LogP contribution in [0, 0.1) is 0 Å². The third-order valence-corrected chi connectivity index (χ3v) is 2.43. The lowest BCUT2D eigenvalue weighted by Crippen LogP contribution is -2.25. The normalized spacial score (nSPS) is 15.7. The molecule has 3 nitrogen and oxygen atoms in total. The second-order valence-corrected chi connectivity index (χ2v) is 3.65. The van der Waals surface area contributed by atoms with Crippen molar-refractivity contribution in [2.75, 3.05) is 32.0 Å². The van der Waals surface area contributed by atoms with Crippen LogP contribution in [-0.2, 0) is 0 Å². The van der Waals surface area contributed by atoms with E-state index in [9.17, 15) is 0 Å². The Morgan fingerprint density at radius 3 is 2.80 bits per heavy atom. The third kappa shape index (κ3) is 2.99. The Morgan fingerprint density at radius 1 is 1.27 bits per heavy atom. The number of hydrogen-bond acceptors (Lipinski definition) is 3. The van der Waals surface area contributed by atoms with Gasteiger partial charge >= 0.3 is 0 Å². The van der Waals surface area contributed by atoms with Crippen LogP contribution >= 0.6 is 0 Å². The first-order valence-electron chi connectivity index (χ1n) is 5.20. The molecule has 0 radical (unpaired) electrons. The third-order valence-electron chi connectivity index (χ3n) is 2.43. The van der Waals surface area contributed by atoms with Gasteiger partial charge in [0.25, 0.3) is 0 Å². The zero-order chi connectivity index (χ0) is 10.5. The summed E-state index contributed by atoms with van der Waals surface area (Å²) in [4.78, 5) is 2.33. The summed E-state index contributed by atoms with van der Waals surface area (Å²) in [5.41, 5.74) is 6.40. The lowest BCUT2D eigenvalue weighted by molar-refractivity contribution is 0.243. The molecule has 1 aliphatic heterocycles. The van der Waals surface area contributed by atoms with Crippen LogP contribution in [0.2, 0.25) is 0 Å². The van der Waals surface area contributed by atoms with Crippen molar-refractivity contribution in [2.45, 2.75) is 0 Å². The van der Waals surface area contributed by atoms with Gasteiger partial charge in [0.05, 0.1) is 0 Å². The highest BCUT2D eigenvalue weighted by Crippen LogP contribution is 2.14. The fourth-order valence-electron chi connectivity index (χ4n) is 1.60. The second kappa shape index (κ2) is 4.84. The Balaban J connectivity index is 1.73. The summed E-state index contributed by atoms with van der Waals surface area (Å²) in [5.74, 6) is 0.849. The van der Waals surface area contributed by atoms with E-state index in [0.717, 1.165) is 31.1 Å². The van der Waals surface area contributed by atoms with E-state index >= 15 is 0 Å². The minimum absolute atomic E-state index is 0.713. The van der Waals surface area contributed by atoms with E-state index in [1.54, 1.807) is 0 Å². The van der Waals surface area contributed by atoms with Crippen LogP contribution in [-0.4, -0.2) is 31.1 Å². The molecule has 15 heavy (non-hydrogen) atoms. The van der Waals surface area contributed by atoms with E-state index in [2.05, 4.69) is 17.1 Å². The molecule has 80 valence electrons. The van der Waals surface area contributed by atoms with Gasteiger partial charge in [-0.15, -0.1) is 0 Å². The number of nitrogen functional groups attached to an aromatic ring is 1. The number of nitrogens with zero attached hydrogens (tertiary/aromatic N) is 1. The molecule has 1 aliphatic rings. The summed E-state index contributed by atoms with van der Waals surface area (Å²) in [6, 6.07) is 7.54. The molecule has 0 unspecified atom stereocenters. The molecule has 1 aromatic carbocycles. The van der Waals surface area contributed by atoms with Crippen molar-refractivity contribution in [1.29, 1.82) is 0 Å². The largest absolute Gasteiger partial charge is 0.492 e. The van der Waals surface area contributed by atoms with Gasteiger partial charge in [-0.3, -0.25) is 4.90 Å². The Morgan fingerprint density at radius 2 is 2.07 bits per heavy atom. The van der Waals surface area contributed by atoms with Crippen molar-refractivity contribution < 1.29 is 4.74 Å². The summed E-state index contributed by atoms with van der Waals surface area (Å²) >= 11 is 0. The number of hydrogen-bond donors (Lipinski definition) is 1. The molecule has 0 aromatic heterocycles. The zero-order valence-electron chi connectivity index (χ0n) is 8.73. The van der Waals surface area contributed by atoms with Crippen LogP contribution in [0.5, 0.6) is 5.75 Å². The van der Waals surface area contributed by atoms with Gasteiger partial charge in [-0.05, 0) is 12.1 Å². The molecule has 0 bridgehead atoms. The number of benzene rings is 1. The Labute approximate surface area is 90.1 Å². The van der Waals surface area contributed by atoms with Crippen molar-refractivity contribution in [3.8, 4) is 5.75 Å². The first-order chi connectivity index (χ1) is 7.34. The zero-order valence-corrected chi connectivity index (χ0v) is 8.73. The molecular formula is C12H16N2O. The minimum Gasteiger partial charge on any atom is -0.492 e. The molecule has 0 saturated carbocycles. The molecule has 3 heteroatoms. The van der Waals surface area contributed by atoms with Gasteiger partial charge in [-0.25, -0.2) is 0 Å². The molecule has 1 heterocycles. The van der Waals surface area contributed by atoms with Crippen molar-refractivity contribution >= 4 is 5.69 Å². The molecule has 0 spiro atoms. The molecule has 2 rings (SSSR count). The molecule has 0 saturated heterocycles.